The lowest BCUT2D eigenvalue weighted by Crippen LogP contribution is -2.31. The van der Waals surface area contributed by atoms with Crippen LogP contribution in [-0.2, 0) is 22.1 Å². The molecule has 0 amide bonds. The van der Waals surface area contributed by atoms with Crippen molar-refractivity contribution in [1.29, 1.82) is 0 Å². The van der Waals surface area contributed by atoms with Crippen molar-refractivity contribution in [2.45, 2.75) is 38.8 Å². The van der Waals surface area contributed by atoms with E-state index >= 15 is 0 Å². The first kappa shape index (κ1) is 27.0. The molecule has 1 unspecified atom stereocenters. The number of benzene rings is 1. The summed E-state index contributed by atoms with van der Waals surface area (Å²) in [5, 5.41) is 2.91. The summed E-state index contributed by atoms with van der Waals surface area (Å²) in [4.78, 5) is 24.6. The van der Waals surface area contributed by atoms with Crippen molar-refractivity contribution in [3.8, 4) is 11.3 Å². The lowest BCUT2D eigenvalue weighted by atomic mass is 9.65. The minimum absolute atomic E-state index is 0.190. The molecular formula is C27H26F3IN4O2. The van der Waals surface area contributed by atoms with Gasteiger partial charge in [-0.25, -0.2) is 9.97 Å². The second kappa shape index (κ2) is 11.2. The van der Waals surface area contributed by atoms with Gasteiger partial charge in [-0.05, 0) is 61.1 Å². The molecule has 1 atom stereocenters. The van der Waals surface area contributed by atoms with Crippen LogP contribution in [0.2, 0.25) is 0 Å². The number of carbonyl (C=O) groups is 1. The van der Waals surface area contributed by atoms with E-state index in [4.69, 9.17) is 4.74 Å². The molecule has 1 N–H and O–H groups in total. The number of hydrogen-bond donors (Lipinski definition) is 1. The maximum Gasteiger partial charge on any atom is 0.433 e. The van der Waals surface area contributed by atoms with E-state index in [2.05, 4.69) is 55.5 Å². The van der Waals surface area contributed by atoms with Gasteiger partial charge in [0.1, 0.15) is 11.5 Å². The van der Waals surface area contributed by atoms with Crippen molar-refractivity contribution in [3.05, 3.63) is 72.3 Å². The largest absolute Gasteiger partial charge is 0.466 e. The van der Waals surface area contributed by atoms with Crippen LogP contribution >= 0.6 is 22.6 Å². The number of allylic oxidation sites excluding steroid dienone is 1. The maximum atomic E-state index is 12.7. The molecule has 1 aromatic carbocycles. The third-order valence-electron chi connectivity index (χ3n) is 6.58. The standard InChI is InChI=1S/C27H26F3IN4O2/c1-3-37-25(36)13-26(10-11-31)9-8-18-12-19(4-6-21(18)17(26)2)22-15-34-24(16-32-22)35-20-5-7-23(33-14-20)27(28,29)30/h4-7,12,14-16H,2-3,8-11,13H2,1H3,(H,34,35). The fourth-order valence-corrected chi connectivity index (χ4v) is 5.65. The van der Waals surface area contributed by atoms with Gasteiger partial charge in [-0.15, -0.1) is 0 Å². The molecule has 1 aliphatic rings. The molecular weight excluding hydrogens is 596 g/mol. The zero-order chi connectivity index (χ0) is 26.6. The number of anilines is 2. The molecule has 0 aliphatic heterocycles. The smallest absolute Gasteiger partial charge is 0.433 e. The number of ether oxygens (including phenoxy) is 1. The zero-order valence-corrected chi connectivity index (χ0v) is 22.4. The number of pyridine rings is 1. The van der Waals surface area contributed by atoms with Crippen LogP contribution in [-0.4, -0.2) is 32.0 Å². The SMILES string of the molecule is C=C1c2ccc(-c3cnc(Nc4ccc(C(F)(F)F)nc4)cn3)cc2CCC1(CCI)CC(=O)OCC. The molecule has 37 heavy (non-hydrogen) atoms. The highest BCUT2D eigenvalue weighted by molar-refractivity contribution is 14.1. The van der Waals surface area contributed by atoms with Gasteiger partial charge in [0.05, 0.1) is 43.0 Å². The number of esters is 1. The van der Waals surface area contributed by atoms with Crippen LogP contribution in [0.3, 0.4) is 0 Å². The lowest BCUT2D eigenvalue weighted by Gasteiger charge is -2.39. The number of fused-ring (bicyclic) bond motifs is 1. The molecule has 0 radical (unpaired) electrons. The van der Waals surface area contributed by atoms with E-state index in [1.165, 1.54) is 12.3 Å². The summed E-state index contributed by atoms with van der Waals surface area (Å²) in [5.41, 5.74) is 3.86. The number of nitrogens with zero attached hydrogens (tertiary/aromatic N) is 3. The third kappa shape index (κ3) is 6.11. The first-order valence-corrected chi connectivity index (χ1v) is 13.3. The monoisotopic (exact) mass is 622 g/mol. The van der Waals surface area contributed by atoms with Crippen molar-refractivity contribution in [1.82, 2.24) is 15.0 Å². The molecule has 2 aromatic heterocycles. The predicted octanol–water partition coefficient (Wildman–Crippen LogP) is 7.03. The van der Waals surface area contributed by atoms with E-state index in [9.17, 15) is 18.0 Å². The Kier molecular flexibility index (Phi) is 8.15. The quantitative estimate of drug-likeness (QED) is 0.165. The molecule has 0 spiro atoms. The van der Waals surface area contributed by atoms with Gasteiger partial charge < -0.3 is 10.1 Å². The lowest BCUT2D eigenvalue weighted by molar-refractivity contribution is -0.145. The minimum atomic E-state index is -4.49. The fourth-order valence-electron chi connectivity index (χ4n) is 4.62. The predicted molar refractivity (Wildman–Crippen MR) is 145 cm³/mol. The molecule has 10 heteroatoms. The molecule has 4 rings (SSSR count). The molecule has 0 saturated heterocycles. The Morgan fingerprint density at radius 2 is 1.97 bits per heavy atom. The Morgan fingerprint density at radius 1 is 1.16 bits per heavy atom. The van der Waals surface area contributed by atoms with Gasteiger partial charge in [-0.3, -0.25) is 9.78 Å². The number of halogens is 4. The van der Waals surface area contributed by atoms with E-state index in [0.29, 0.717) is 30.2 Å². The van der Waals surface area contributed by atoms with Crippen LogP contribution in [0.25, 0.3) is 16.8 Å². The third-order valence-corrected chi connectivity index (χ3v) is 7.12. The van der Waals surface area contributed by atoms with Crippen LogP contribution in [0.1, 0.15) is 43.0 Å². The van der Waals surface area contributed by atoms with Gasteiger partial charge in [-0.1, -0.05) is 41.3 Å². The van der Waals surface area contributed by atoms with Crippen LogP contribution in [0.4, 0.5) is 24.7 Å². The fraction of sp³-hybridized carbons (Fsp3) is 0.333. The number of alkyl halides is 4. The van der Waals surface area contributed by atoms with Gasteiger partial charge in [0.25, 0.3) is 0 Å². The maximum absolute atomic E-state index is 12.7. The number of rotatable bonds is 8. The Balaban J connectivity index is 1.50. The van der Waals surface area contributed by atoms with E-state index in [-0.39, 0.29) is 11.4 Å². The second-order valence-electron chi connectivity index (χ2n) is 8.89. The molecule has 0 bridgehead atoms. The van der Waals surface area contributed by atoms with Crippen molar-refractivity contribution in [2.75, 3.05) is 16.4 Å². The molecule has 1 aliphatic carbocycles. The Labute approximate surface area is 226 Å². The van der Waals surface area contributed by atoms with Gasteiger partial charge >= 0.3 is 12.1 Å². The average molecular weight is 622 g/mol. The summed E-state index contributed by atoms with van der Waals surface area (Å²) in [6.45, 7) is 6.57. The summed E-state index contributed by atoms with van der Waals surface area (Å²) >= 11 is 2.34. The molecule has 194 valence electrons. The van der Waals surface area contributed by atoms with Gasteiger partial charge in [-0.2, -0.15) is 13.2 Å². The summed E-state index contributed by atoms with van der Waals surface area (Å²) in [5.74, 6) is 0.198. The highest BCUT2D eigenvalue weighted by atomic mass is 127. The number of aryl methyl sites for hydroxylation is 1. The van der Waals surface area contributed by atoms with E-state index in [1.54, 1.807) is 6.20 Å². The average Bonchev–Trinajstić information content (AvgIpc) is 2.87. The summed E-state index contributed by atoms with van der Waals surface area (Å²) in [7, 11) is 0. The Morgan fingerprint density at radius 3 is 2.59 bits per heavy atom. The minimum Gasteiger partial charge on any atom is -0.466 e. The first-order chi connectivity index (χ1) is 17.6. The highest BCUT2D eigenvalue weighted by Crippen LogP contribution is 2.50. The van der Waals surface area contributed by atoms with Crippen molar-refractivity contribution in [2.24, 2.45) is 5.41 Å². The highest BCUT2D eigenvalue weighted by Gasteiger charge is 2.39. The van der Waals surface area contributed by atoms with E-state index in [0.717, 1.165) is 58.2 Å². The Bertz CT molecular complexity index is 1280. The van der Waals surface area contributed by atoms with E-state index in [1.807, 2.05) is 19.1 Å². The van der Waals surface area contributed by atoms with Crippen molar-refractivity contribution >= 4 is 45.6 Å². The first-order valence-electron chi connectivity index (χ1n) is 11.8. The van der Waals surface area contributed by atoms with Crippen LogP contribution in [0.15, 0.2) is 55.5 Å². The molecule has 0 saturated carbocycles. The van der Waals surface area contributed by atoms with Crippen LogP contribution < -0.4 is 5.32 Å². The van der Waals surface area contributed by atoms with Crippen LogP contribution in [0.5, 0.6) is 0 Å². The van der Waals surface area contributed by atoms with Crippen molar-refractivity contribution < 1.29 is 22.7 Å². The van der Waals surface area contributed by atoms with E-state index < -0.39 is 11.9 Å². The number of hydrogen-bond acceptors (Lipinski definition) is 6. The number of carbonyl (C=O) groups excluding carboxylic acids is 1. The number of nitrogens with one attached hydrogen (secondary N) is 1. The zero-order valence-electron chi connectivity index (χ0n) is 20.2. The summed E-state index contributed by atoms with van der Waals surface area (Å²) in [6, 6.07) is 8.27. The normalized spacial score (nSPS) is 17.3. The molecule has 3 aromatic rings. The molecule has 6 nitrogen and oxygen atoms in total. The second-order valence-corrected chi connectivity index (χ2v) is 9.97. The number of aromatic nitrogens is 3. The van der Waals surface area contributed by atoms with Gasteiger partial charge in [0.15, 0.2) is 0 Å². The summed E-state index contributed by atoms with van der Waals surface area (Å²) < 4.78 is 44.3. The van der Waals surface area contributed by atoms with Crippen molar-refractivity contribution in [3.63, 3.8) is 0 Å². The molecule has 2 heterocycles. The summed E-state index contributed by atoms with van der Waals surface area (Å²) in [6.07, 6.45) is 2.58. The van der Waals surface area contributed by atoms with Gasteiger partial charge in [0.2, 0.25) is 0 Å². The Hall–Kier alpha value is -3.02. The van der Waals surface area contributed by atoms with Crippen LogP contribution in [0, 0.1) is 5.41 Å². The topological polar surface area (TPSA) is 77.0 Å². The molecule has 0 fully saturated rings. The van der Waals surface area contributed by atoms with Gasteiger partial charge in [0, 0.05) is 15.4 Å².